The molecule has 1 fully saturated rings. The predicted molar refractivity (Wildman–Crippen MR) is 63.6 cm³/mol. The maximum absolute atomic E-state index is 6.05. The van der Waals surface area contributed by atoms with Crippen LogP contribution in [0.3, 0.4) is 0 Å². The van der Waals surface area contributed by atoms with E-state index in [0.29, 0.717) is 12.1 Å². The quantitative estimate of drug-likeness (QED) is 0.800. The van der Waals surface area contributed by atoms with Crippen molar-refractivity contribution in [3.8, 4) is 0 Å². The highest BCUT2D eigenvalue weighted by molar-refractivity contribution is 5.20. The topological polar surface area (TPSA) is 29.3 Å². The van der Waals surface area contributed by atoms with E-state index in [0.717, 1.165) is 25.9 Å². The molecule has 1 saturated heterocycles. The van der Waals surface area contributed by atoms with Gasteiger partial charge in [-0.05, 0) is 24.9 Å². The van der Waals surface area contributed by atoms with Gasteiger partial charge in [0.1, 0.15) is 0 Å². The summed E-state index contributed by atoms with van der Waals surface area (Å²) in [6, 6.07) is 11.6. The first kappa shape index (κ1) is 10.7. The highest BCUT2D eigenvalue weighted by Crippen LogP contribution is 2.29. The zero-order valence-corrected chi connectivity index (χ0v) is 9.39. The Kier molecular flexibility index (Phi) is 3.39. The molecule has 0 aromatic heterocycles. The average Bonchev–Trinajstić information content (AvgIpc) is 2.30. The standard InChI is InChI=1S/C13H20N2/c1-2-15-9-8-12(14)10-13(15)11-6-4-3-5-7-11/h3-7,12-13H,2,8-10,14H2,1H3. The number of rotatable bonds is 2. The number of likely N-dealkylation sites (tertiary alicyclic amines) is 1. The van der Waals surface area contributed by atoms with Crippen molar-refractivity contribution >= 4 is 0 Å². The second-order valence-corrected chi connectivity index (χ2v) is 4.34. The molecule has 1 aliphatic heterocycles. The summed E-state index contributed by atoms with van der Waals surface area (Å²) in [5.41, 5.74) is 7.46. The average molecular weight is 204 g/mol. The summed E-state index contributed by atoms with van der Waals surface area (Å²) in [5.74, 6) is 0. The molecule has 82 valence electrons. The Balaban J connectivity index is 2.17. The van der Waals surface area contributed by atoms with Gasteiger partial charge in [-0.2, -0.15) is 0 Å². The molecule has 2 atom stereocenters. The maximum atomic E-state index is 6.05. The van der Waals surface area contributed by atoms with Crippen molar-refractivity contribution in [1.82, 2.24) is 4.90 Å². The van der Waals surface area contributed by atoms with Gasteiger partial charge in [-0.1, -0.05) is 37.3 Å². The van der Waals surface area contributed by atoms with Crippen molar-refractivity contribution in [2.75, 3.05) is 13.1 Å². The number of hydrogen-bond donors (Lipinski definition) is 1. The molecule has 1 aromatic carbocycles. The molecule has 0 spiro atoms. The Labute approximate surface area is 92.1 Å². The van der Waals surface area contributed by atoms with E-state index >= 15 is 0 Å². The third-order valence-electron chi connectivity index (χ3n) is 3.34. The van der Waals surface area contributed by atoms with Crippen molar-refractivity contribution in [3.05, 3.63) is 35.9 Å². The Bertz CT molecular complexity index is 297. The summed E-state index contributed by atoms with van der Waals surface area (Å²) >= 11 is 0. The van der Waals surface area contributed by atoms with Crippen LogP contribution in [0.25, 0.3) is 0 Å². The zero-order valence-electron chi connectivity index (χ0n) is 9.39. The Morgan fingerprint density at radius 1 is 1.33 bits per heavy atom. The first-order valence-electron chi connectivity index (χ1n) is 5.86. The van der Waals surface area contributed by atoms with Gasteiger partial charge in [-0.25, -0.2) is 0 Å². The Hall–Kier alpha value is -0.860. The predicted octanol–water partition coefficient (Wildman–Crippen LogP) is 2.17. The highest BCUT2D eigenvalue weighted by Gasteiger charge is 2.26. The van der Waals surface area contributed by atoms with E-state index in [1.54, 1.807) is 0 Å². The molecule has 0 bridgehead atoms. The molecule has 2 heteroatoms. The zero-order chi connectivity index (χ0) is 10.7. The van der Waals surface area contributed by atoms with Gasteiger partial charge in [0.2, 0.25) is 0 Å². The van der Waals surface area contributed by atoms with Gasteiger partial charge >= 0.3 is 0 Å². The molecule has 2 nitrogen and oxygen atoms in total. The number of piperidine rings is 1. The first-order valence-corrected chi connectivity index (χ1v) is 5.86. The first-order chi connectivity index (χ1) is 7.31. The minimum Gasteiger partial charge on any atom is -0.328 e. The molecule has 0 radical (unpaired) electrons. The van der Waals surface area contributed by atoms with Crippen LogP contribution in [-0.4, -0.2) is 24.0 Å². The monoisotopic (exact) mass is 204 g/mol. The normalized spacial score (nSPS) is 27.9. The Morgan fingerprint density at radius 2 is 2.07 bits per heavy atom. The van der Waals surface area contributed by atoms with E-state index < -0.39 is 0 Å². The van der Waals surface area contributed by atoms with E-state index in [1.165, 1.54) is 5.56 Å². The molecule has 15 heavy (non-hydrogen) atoms. The SMILES string of the molecule is CCN1CCC(N)CC1c1ccccc1. The largest absolute Gasteiger partial charge is 0.328 e. The molecule has 0 amide bonds. The van der Waals surface area contributed by atoms with Gasteiger partial charge in [-0.3, -0.25) is 4.90 Å². The van der Waals surface area contributed by atoms with Crippen LogP contribution in [0.4, 0.5) is 0 Å². The minimum atomic E-state index is 0.373. The molecule has 1 aromatic rings. The molecule has 2 unspecified atom stereocenters. The highest BCUT2D eigenvalue weighted by atomic mass is 15.2. The number of benzene rings is 1. The summed E-state index contributed by atoms with van der Waals surface area (Å²) in [5, 5.41) is 0. The third-order valence-corrected chi connectivity index (χ3v) is 3.34. The third kappa shape index (κ3) is 2.39. The van der Waals surface area contributed by atoms with Crippen LogP contribution in [0.5, 0.6) is 0 Å². The van der Waals surface area contributed by atoms with Crippen molar-refractivity contribution < 1.29 is 0 Å². The van der Waals surface area contributed by atoms with Gasteiger partial charge < -0.3 is 5.73 Å². The van der Waals surface area contributed by atoms with E-state index in [-0.39, 0.29) is 0 Å². The molecule has 1 aliphatic rings. The summed E-state index contributed by atoms with van der Waals surface area (Å²) in [7, 11) is 0. The fourth-order valence-corrected chi connectivity index (χ4v) is 2.44. The van der Waals surface area contributed by atoms with Crippen molar-refractivity contribution in [1.29, 1.82) is 0 Å². The smallest absolute Gasteiger partial charge is 0.0362 e. The van der Waals surface area contributed by atoms with E-state index in [4.69, 9.17) is 5.73 Å². The Morgan fingerprint density at radius 3 is 2.73 bits per heavy atom. The van der Waals surface area contributed by atoms with Crippen LogP contribution < -0.4 is 5.73 Å². The van der Waals surface area contributed by atoms with Crippen molar-refractivity contribution in [2.45, 2.75) is 31.8 Å². The van der Waals surface area contributed by atoms with Gasteiger partial charge in [0.15, 0.2) is 0 Å². The maximum Gasteiger partial charge on any atom is 0.0362 e. The van der Waals surface area contributed by atoms with Crippen LogP contribution in [0.1, 0.15) is 31.4 Å². The van der Waals surface area contributed by atoms with Gasteiger partial charge in [-0.15, -0.1) is 0 Å². The van der Waals surface area contributed by atoms with Crippen molar-refractivity contribution in [3.63, 3.8) is 0 Å². The van der Waals surface area contributed by atoms with E-state index in [9.17, 15) is 0 Å². The van der Waals surface area contributed by atoms with Crippen LogP contribution in [0.2, 0.25) is 0 Å². The summed E-state index contributed by atoms with van der Waals surface area (Å²) in [6.07, 6.45) is 2.23. The molecule has 1 heterocycles. The van der Waals surface area contributed by atoms with Gasteiger partial charge in [0, 0.05) is 18.6 Å². The molecule has 0 saturated carbocycles. The van der Waals surface area contributed by atoms with Crippen LogP contribution in [0, 0.1) is 0 Å². The lowest BCUT2D eigenvalue weighted by molar-refractivity contribution is 0.143. The van der Waals surface area contributed by atoms with E-state index in [1.807, 2.05) is 0 Å². The minimum absolute atomic E-state index is 0.373. The van der Waals surface area contributed by atoms with Gasteiger partial charge in [0.25, 0.3) is 0 Å². The van der Waals surface area contributed by atoms with E-state index in [2.05, 4.69) is 42.2 Å². The molecule has 2 rings (SSSR count). The van der Waals surface area contributed by atoms with Gasteiger partial charge in [0.05, 0.1) is 0 Å². The number of nitrogens with zero attached hydrogens (tertiary/aromatic N) is 1. The summed E-state index contributed by atoms with van der Waals surface area (Å²) in [6.45, 7) is 4.48. The fourth-order valence-electron chi connectivity index (χ4n) is 2.44. The molecular weight excluding hydrogens is 184 g/mol. The van der Waals surface area contributed by atoms with Crippen LogP contribution in [-0.2, 0) is 0 Å². The lowest BCUT2D eigenvalue weighted by Gasteiger charge is -2.38. The lowest BCUT2D eigenvalue weighted by atomic mass is 9.92. The fraction of sp³-hybridized carbons (Fsp3) is 0.538. The van der Waals surface area contributed by atoms with Crippen LogP contribution in [0.15, 0.2) is 30.3 Å². The molecular formula is C13H20N2. The lowest BCUT2D eigenvalue weighted by Crippen LogP contribution is -2.41. The second kappa shape index (κ2) is 4.77. The number of nitrogens with two attached hydrogens (primary N) is 1. The second-order valence-electron chi connectivity index (χ2n) is 4.34. The van der Waals surface area contributed by atoms with Crippen LogP contribution >= 0.6 is 0 Å². The summed E-state index contributed by atoms with van der Waals surface area (Å²) in [4.78, 5) is 2.53. The van der Waals surface area contributed by atoms with Crippen molar-refractivity contribution in [2.24, 2.45) is 5.73 Å². The number of hydrogen-bond acceptors (Lipinski definition) is 2. The molecule has 2 N–H and O–H groups in total. The summed E-state index contributed by atoms with van der Waals surface area (Å²) < 4.78 is 0. The molecule has 0 aliphatic carbocycles.